The summed E-state index contributed by atoms with van der Waals surface area (Å²) in [5, 5.41) is 0. The van der Waals surface area contributed by atoms with Crippen molar-refractivity contribution in [2.75, 3.05) is 26.3 Å². The molecular weight excluding hydrogens is 266 g/mol. The van der Waals surface area contributed by atoms with E-state index in [9.17, 15) is 4.79 Å². The molecule has 1 amide bonds. The summed E-state index contributed by atoms with van der Waals surface area (Å²) in [6.07, 6.45) is 2.50. The molecule has 0 N–H and O–H groups in total. The lowest BCUT2D eigenvalue weighted by molar-refractivity contribution is -0.281. The minimum atomic E-state index is -0.434. The number of carbonyl (C=O) groups excluding carboxylic acids is 1. The van der Waals surface area contributed by atoms with E-state index >= 15 is 0 Å². The van der Waals surface area contributed by atoms with E-state index in [1.54, 1.807) is 0 Å². The Labute approximate surface area is 126 Å². The van der Waals surface area contributed by atoms with Gasteiger partial charge < -0.3 is 14.4 Å². The number of nitrogens with zero attached hydrogens (tertiary/aromatic N) is 1. The highest BCUT2D eigenvalue weighted by Gasteiger charge is 2.39. The molecule has 0 unspecified atom stereocenters. The number of ether oxygens (including phenoxy) is 2. The molecule has 3 rings (SSSR count). The smallest absolute Gasteiger partial charge is 0.254 e. The number of hydrogen-bond acceptors (Lipinski definition) is 3. The molecule has 0 saturated carbocycles. The van der Waals surface area contributed by atoms with Gasteiger partial charge in [-0.1, -0.05) is 17.7 Å². The Balaban J connectivity index is 1.69. The molecular formula is C17H23NO3. The van der Waals surface area contributed by atoms with Gasteiger partial charge in [-0.25, -0.2) is 0 Å². The van der Waals surface area contributed by atoms with Gasteiger partial charge in [-0.2, -0.15) is 0 Å². The molecule has 0 bridgehead atoms. The lowest BCUT2D eigenvalue weighted by atomic mass is 9.99. The van der Waals surface area contributed by atoms with E-state index < -0.39 is 5.79 Å². The van der Waals surface area contributed by atoms with Gasteiger partial charge in [-0.3, -0.25) is 4.79 Å². The molecule has 2 heterocycles. The molecule has 1 aromatic rings. The zero-order valence-electron chi connectivity index (χ0n) is 12.9. The van der Waals surface area contributed by atoms with E-state index in [-0.39, 0.29) is 5.91 Å². The van der Waals surface area contributed by atoms with Crippen LogP contribution in [-0.2, 0) is 9.47 Å². The molecule has 1 spiro atoms. The third-order valence-electron chi connectivity index (χ3n) is 4.45. The number of benzene rings is 1. The van der Waals surface area contributed by atoms with Crippen molar-refractivity contribution in [1.29, 1.82) is 0 Å². The van der Waals surface area contributed by atoms with Gasteiger partial charge in [0.05, 0.1) is 13.2 Å². The SMILES string of the molecule is Cc1ccc(C)c(C(=O)N2CCC3(CC2)OCCCO3)c1. The van der Waals surface area contributed by atoms with Crippen LogP contribution >= 0.6 is 0 Å². The molecule has 4 heteroatoms. The average Bonchev–Trinajstić information content (AvgIpc) is 2.51. The summed E-state index contributed by atoms with van der Waals surface area (Å²) in [4.78, 5) is 14.6. The fourth-order valence-electron chi connectivity index (χ4n) is 3.09. The number of hydrogen-bond donors (Lipinski definition) is 0. The number of rotatable bonds is 1. The van der Waals surface area contributed by atoms with Gasteiger partial charge in [0.1, 0.15) is 0 Å². The fraction of sp³-hybridized carbons (Fsp3) is 0.588. The summed E-state index contributed by atoms with van der Waals surface area (Å²) < 4.78 is 11.6. The second-order valence-electron chi connectivity index (χ2n) is 6.07. The summed E-state index contributed by atoms with van der Waals surface area (Å²) in [5.41, 5.74) is 2.98. The molecule has 21 heavy (non-hydrogen) atoms. The maximum absolute atomic E-state index is 12.7. The first kappa shape index (κ1) is 14.5. The van der Waals surface area contributed by atoms with E-state index in [0.29, 0.717) is 13.1 Å². The number of amides is 1. The minimum absolute atomic E-state index is 0.127. The number of carbonyl (C=O) groups is 1. The van der Waals surface area contributed by atoms with Crippen LogP contribution < -0.4 is 0 Å². The molecule has 0 radical (unpaired) electrons. The second kappa shape index (κ2) is 5.78. The molecule has 2 fully saturated rings. The highest BCUT2D eigenvalue weighted by atomic mass is 16.7. The molecule has 114 valence electrons. The third kappa shape index (κ3) is 2.97. The summed E-state index contributed by atoms with van der Waals surface area (Å²) >= 11 is 0. The summed E-state index contributed by atoms with van der Waals surface area (Å²) in [6.45, 7) is 6.95. The van der Waals surface area contributed by atoms with Gasteiger partial charge in [0.2, 0.25) is 0 Å². The summed E-state index contributed by atoms with van der Waals surface area (Å²) in [7, 11) is 0. The Morgan fingerprint density at radius 2 is 1.81 bits per heavy atom. The standard InChI is InChI=1S/C17H23NO3/c1-13-4-5-14(2)15(12-13)16(19)18-8-6-17(7-9-18)20-10-3-11-21-17/h4-5,12H,3,6-11H2,1-2H3. The molecule has 0 aliphatic carbocycles. The Bertz CT molecular complexity index is 525. The van der Waals surface area contributed by atoms with Crippen molar-refractivity contribution < 1.29 is 14.3 Å². The van der Waals surface area contributed by atoms with Crippen molar-refractivity contribution in [3.63, 3.8) is 0 Å². The van der Waals surface area contributed by atoms with Gasteiger partial charge in [0.15, 0.2) is 5.79 Å². The average molecular weight is 289 g/mol. The summed E-state index contributed by atoms with van der Waals surface area (Å²) in [5.74, 6) is -0.307. The van der Waals surface area contributed by atoms with Gasteiger partial charge in [-0.05, 0) is 31.9 Å². The van der Waals surface area contributed by atoms with Crippen LogP contribution in [-0.4, -0.2) is 42.9 Å². The maximum Gasteiger partial charge on any atom is 0.254 e. The van der Waals surface area contributed by atoms with Crippen LogP contribution in [0.3, 0.4) is 0 Å². The van der Waals surface area contributed by atoms with Crippen molar-refractivity contribution in [1.82, 2.24) is 4.90 Å². The van der Waals surface area contributed by atoms with E-state index in [2.05, 4.69) is 0 Å². The molecule has 1 aromatic carbocycles. The minimum Gasteiger partial charge on any atom is -0.350 e. The van der Waals surface area contributed by atoms with Gasteiger partial charge in [0, 0.05) is 31.5 Å². The van der Waals surface area contributed by atoms with Crippen LogP contribution in [0.5, 0.6) is 0 Å². The maximum atomic E-state index is 12.7. The number of aryl methyl sites for hydroxylation is 2. The van der Waals surface area contributed by atoms with Crippen molar-refractivity contribution in [3.8, 4) is 0 Å². The highest BCUT2D eigenvalue weighted by molar-refractivity contribution is 5.95. The fourth-order valence-corrected chi connectivity index (χ4v) is 3.09. The van der Waals surface area contributed by atoms with Crippen LogP contribution in [0.15, 0.2) is 18.2 Å². The molecule has 0 aromatic heterocycles. The lowest BCUT2D eigenvalue weighted by Gasteiger charge is -2.43. The Kier molecular flexibility index (Phi) is 4.00. The van der Waals surface area contributed by atoms with E-state index in [1.807, 2.05) is 36.9 Å². The van der Waals surface area contributed by atoms with Crippen molar-refractivity contribution >= 4 is 5.91 Å². The second-order valence-corrected chi connectivity index (χ2v) is 6.07. The van der Waals surface area contributed by atoms with Crippen LogP contribution in [0.1, 0.15) is 40.7 Å². The zero-order valence-corrected chi connectivity index (χ0v) is 12.9. The van der Waals surface area contributed by atoms with Crippen LogP contribution in [0, 0.1) is 13.8 Å². The lowest BCUT2D eigenvalue weighted by Crippen LogP contribution is -2.51. The quantitative estimate of drug-likeness (QED) is 0.798. The van der Waals surface area contributed by atoms with Crippen molar-refractivity contribution in [2.45, 2.75) is 38.9 Å². The van der Waals surface area contributed by atoms with E-state index in [4.69, 9.17) is 9.47 Å². The molecule has 2 aliphatic heterocycles. The van der Waals surface area contributed by atoms with Crippen molar-refractivity contribution in [2.24, 2.45) is 0 Å². The van der Waals surface area contributed by atoms with Gasteiger partial charge >= 0.3 is 0 Å². The monoisotopic (exact) mass is 289 g/mol. The normalized spacial score (nSPS) is 21.5. The van der Waals surface area contributed by atoms with Gasteiger partial charge in [-0.15, -0.1) is 0 Å². The number of likely N-dealkylation sites (tertiary alicyclic amines) is 1. The molecule has 4 nitrogen and oxygen atoms in total. The topological polar surface area (TPSA) is 38.8 Å². The van der Waals surface area contributed by atoms with Crippen LogP contribution in [0.25, 0.3) is 0 Å². The van der Waals surface area contributed by atoms with E-state index in [0.717, 1.165) is 49.2 Å². The molecule has 2 saturated heterocycles. The first-order valence-corrected chi connectivity index (χ1v) is 7.74. The van der Waals surface area contributed by atoms with E-state index in [1.165, 1.54) is 0 Å². The molecule has 2 aliphatic rings. The van der Waals surface area contributed by atoms with Crippen LogP contribution in [0.4, 0.5) is 0 Å². The van der Waals surface area contributed by atoms with Gasteiger partial charge in [0.25, 0.3) is 5.91 Å². The molecule has 0 atom stereocenters. The number of piperidine rings is 1. The highest BCUT2D eigenvalue weighted by Crippen LogP contribution is 2.31. The largest absolute Gasteiger partial charge is 0.350 e. The summed E-state index contributed by atoms with van der Waals surface area (Å²) in [6, 6.07) is 6.04. The third-order valence-corrected chi connectivity index (χ3v) is 4.45. The Morgan fingerprint density at radius 1 is 1.14 bits per heavy atom. The first-order chi connectivity index (χ1) is 10.1. The Morgan fingerprint density at radius 3 is 2.48 bits per heavy atom. The van der Waals surface area contributed by atoms with Crippen LogP contribution in [0.2, 0.25) is 0 Å². The first-order valence-electron chi connectivity index (χ1n) is 7.74. The van der Waals surface area contributed by atoms with Crippen molar-refractivity contribution in [3.05, 3.63) is 34.9 Å². The Hall–Kier alpha value is -1.39. The predicted molar refractivity (Wildman–Crippen MR) is 80.3 cm³/mol. The predicted octanol–water partition coefficient (Wildman–Crippen LogP) is 2.67. The zero-order chi connectivity index (χ0) is 14.9.